The van der Waals surface area contributed by atoms with Crippen molar-refractivity contribution in [2.75, 3.05) is 37.4 Å². The molecule has 0 saturated carbocycles. The van der Waals surface area contributed by atoms with Gasteiger partial charge < -0.3 is 10.2 Å². The largest absolute Gasteiger partial charge is 0.383 e. The Hall–Kier alpha value is -2.05. The van der Waals surface area contributed by atoms with Gasteiger partial charge in [-0.1, -0.05) is 24.3 Å². The molecular formula is C18H23N3O2S. The number of para-hydroxylation sites is 2. The number of sulfonamides is 1. The molecule has 0 bridgehead atoms. The molecule has 3 rings (SSSR count). The van der Waals surface area contributed by atoms with Crippen molar-refractivity contribution in [2.45, 2.75) is 17.9 Å². The second-order valence-corrected chi connectivity index (χ2v) is 8.30. The lowest BCUT2D eigenvalue weighted by molar-refractivity contribution is 0.520. The van der Waals surface area contributed by atoms with Gasteiger partial charge in [0.05, 0.1) is 16.3 Å². The lowest BCUT2D eigenvalue weighted by atomic mass is 10.2. The van der Waals surface area contributed by atoms with Gasteiger partial charge in [0, 0.05) is 33.7 Å². The molecule has 0 fully saturated rings. The van der Waals surface area contributed by atoms with Gasteiger partial charge >= 0.3 is 0 Å². The van der Waals surface area contributed by atoms with Gasteiger partial charge in [0.2, 0.25) is 10.0 Å². The van der Waals surface area contributed by atoms with Gasteiger partial charge in [-0.25, -0.2) is 12.7 Å². The van der Waals surface area contributed by atoms with Crippen molar-refractivity contribution in [3.05, 3.63) is 54.1 Å². The first kappa shape index (κ1) is 16.8. The van der Waals surface area contributed by atoms with Crippen LogP contribution in [0.5, 0.6) is 0 Å². The fourth-order valence-electron chi connectivity index (χ4n) is 2.87. The lowest BCUT2D eigenvalue weighted by Gasteiger charge is -2.24. The monoisotopic (exact) mass is 345 g/mol. The van der Waals surface area contributed by atoms with Crippen LogP contribution < -0.4 is 10.2 Å². The van der Waals surface area contributed by atoms with Crippen LogP contribution in [0.15, 0.2) is 53.4 Å². The van der Waals surface area contributed by atoms with E-state index in [9.17, 15) is 8.42 Å². The van der Waals surface area contributed by atoms with E-state index in [-0.39, 0.29) is 0 Å². The Morgan fingerprint density at radius 3 is 2.50 bits per heavy atom. The highest BCUT2D eigenvalue weighted by Crippen LogP contribution is 2.29. The smallest absolute Gasteiger partial charge is 0.242 e. The molecular weight excluding hydrogens is 322 g/mol. The molecule has 1 heterocycles. The Bertz CT molecular complexity index is 801. The van der Waals surface area contributed by atoms with Crippen LogP contribution in [0.3, 0.4) is 0 Å². The van der Waals surface area contributed by atoms with Crippen LogP contribution in [0.25, 0.3) is 0 Å². The summed E-state index contributed by atoms with van der Waals surface area (Å²) in [5.74, 6) is 0. The fourth-order valence-corrected chi connectivity index (χ4v) is 3.78. The molecule has 128 valence electrons. The number of rotatable bonds is 4. The summed E-state index contributed by atoms with van der Waals surface area (Å²) in [5.41, 5.74) is 3.45. The molecule has 6 heteroatoms. The van der Waals surface area contributed by atoms with Crippen molar-refractivity contribution >= 4 is 21.4 Å². The van der Waals surface area contributed by atoms with Crippen molar-refractivity contribution < 1.29 is 8.42 Å². The van der Waals surface area contributed by atoms with Gasteiger partial charge in [-0.05, 0) is 36.2 Å². The van der Waals surface area contributed by atoms with E-state index in [1.165, 1.54) is 9.99 Å². The number of hydrogen-bond acceptors (Lipinski definition) is 4. The van der Waals surface area contributed by atoms with E-state index in [0.717, 1.165) is 37.3 Å². The molecule has 0 aliphatic carbocycles. The van der Waals surface area contributed by atoms with Crippen LogP contribution in [0, 0.1) is 0 Å². The molecule has 2 aromatic carbocycles. The van der Waals surface area contributed by atoms with E-state index < -0.39 is 10.0 Å². The zero-order valence-corrected chi connectivity index (χ0v) is 14.9. The van der Waals surface area contributed by atoms with Crippen LogP contribution >= 0.6 is 0 Å². The molecule has 24 heavy (non-hydrogen) atoms. The van der Waals surface area contributed by atoms with E-state index >= 15 is 0 Å². The Labute approximate surface area is 144 Å². The summed E-state index contributed by atoms with van der Waals surface area (Å²) in [6, 6.07) is 15.5. The molecule has 0 aromatic heterocycles. The molecule has 0 spiro atoms. The average molecular weight is 345 g/mol. The predicted octanol–water partition coefficient (Wildman–Crippen LogP) is 2.76. The standard InChI is InChI=1S/C18H23N3O2S/c1-20(2)24(22,23)16-10-8-15(9-11-16)14-21-13-5-12-19-17-6-3-4-7-18(17)21/h3-4,6-11,19H,5,12-14H2,1-2H3. The number of anilines is 2. The van der Waals surface area contributed by atoms with E-state index in [0.29, 0.717) is 4.90 Å². The highest BCUT2D eigenvalue weighted by Gasteiger charge is 2.18. The second-order valence-electron chi connectivity index (χ2n) is 6.15. The number of nitrogens with one attached hydrogen (secondary N) is 1. The SMILES string of the molecule is CN(C)S(=O)(=O)c1ccc(CN2CCCNc3ccccc32)cc1. The third-order valence-corrected chi connectivity index (χ3v) is 6.07. The van der Waals surface area contributed by atoms with E-state index in [4.69, 9.17) is 0 Å². The van der Waals surface area contributed by atoms with Gasteiger partial charge in [0.1, 0.15) is 0 Å². The summed E-state index contributed by atoms with van der Waals surface area (Å²) in [4.78, 5) is 2.67. The minimum absolute atomic E-state index is 0.328. The van der Waals surface area contributed by atoms with Gasteiger partial charge in [0.15, 0.2) is 0 Å². The Morgan fingerprint density at radius 1 is 1.08 bits per heavy atom. The Morgan fingerprint density at radius 2 is 1.79 bits per heavy atom. The number of fused-ring (bicyclic) bond motifs is 1. The summed E-state index contributed by atoms with van der Waals surface area (Å²) in [6.07, 6.45) is 1.07. The quantitative estimate of drug-likeness (QED) is 0.926. The second kappa shape index (κ2) is 6.83. The van der Waals surface area contributed by atoms with Crippen LogP contribution in [0.2, 0.25) is 0 Å². The van der Waals surface area contributed by atoms with Crippen LogP contribution in [0.4, 0.5) is 11.4 Å². The molecule has 0 amide bonds. The van der Waals surface area contributed by atoms with Gasteiger partial charge in [-0.2, -0.15) is 0 Å². The minimum atomic E-state index is -3.37. The van der Waals surface area contributed by atoms with Gasteiger partial charge in [-0.15, -0.1) is 0 Å². The molecule has 0 radical (unpaired) electrons. The van der Waals surface area contributed by atoms with Crippen molar-refractivity contribution in [3.8, 4) is 0 Å². The first-order chi connectivity index (χ1) is 11.5. The fraction of sp³-hybridized carbons (Fsp3) is 0.333. The first-order valence-electron chi connectivity index (χ1n) is 8.08. The number of hydrogen-bond donors (Lipinski definition) is 1. The third kappa shape index (κ3) is 3.39. The van der Waals surface area contributed by atoms with Crippen LogP contribution in [-0.2, 0) is 16.6 Å². The summed E-state index contributed by atoms with van der Waals surface area (Å²) in [7, 11) is -0.279. The molecule has 0 atom stereocenters. The first-order valence-corrected chi connectivity index (χ1v) is 9.52. The molecule has 2 aromatic rings. The minimum Gasteiger partial charge on any atom is -0.383 e. The van der Waals surface area contributed by atoms with Crippen molar-refractivity contribution in [3.63, 3.8) is 0 Å². The molecule has 1 N–H and O–H groups in total. The summed E-state index contributed by atoms with van der Waals surface area (Å²) in [6.45, 7) is 2.70. The summed E-state index contributed by atoms with van der Waals surface area (Å²) >= 11 is 0. The number of benzene rings is 2. The normalized spacial score (nSPS) is 14.9. The molecule has 1 aliphatic heterocycles. The molecule has 0 unspecified atom stereocenters. The summed E-state index contributed by atoms with van der Waals surface area (Å²) < 4.78 is 25.5. The van der Waals surface area contributed by atoms with Crippen molar-refractivity contribution in [2.24, 2.45) is 0 Å². The lowest BCUT2D eigenvalue weighted by Crippen LogP contribution is -2.24. The van der Waals surface area contributed by atoms with Crippen LogP contribution in [0.1, 0.15) is 12.0 Å². The van der Waals surface area contributed by atoms with Crippen molar-refractivity contribution in [1.82, 2.24) is 4.31 Å². The van der Waals surface area contributed by atoms with E-state index in [2.05, 4.69) is 22.3 Å². The summed E-state index contributed by atoms with van der Waals surface area (Å²) in [5, 5.41) is 3.46. The number of nitrogens with zero attached hydrogens (tertiary/aromatic N) is 2. The van der Waals surface area contributed by atoms with Crippen LogP contribution in [-0.4, -0.2) is 39.9 Å². The maximum atomic E-state index is 12.1. The zero-order valence-electron chi connectivity index (χ0n) is 14.1. The van der Waals surface area contributed by atoms with E-state index in [1.807, 2.05) is 24.3 Å². The molecule has 1 aliphatic rings. The predicted molar refractivity (Wildman–Crippen MR) is 97.9 cm³/mol. The highest BCUT2D eigenvalue weighted by atomic mass is 32.2. The topological polar surface area (TPSA) is 52.7 Å². The third-order valence-electron chi connectivity index (χ3n) is 4.24. The zero-order chi connectivity index (χ0) is 17.2. The molecule has 5 nitrogen and oxygen atoms in total. The van der Waals surface area contributed by atoms with Gasteiger partial charge in [-0.3, -0.25) is 0 Å². The van der Waals surface area contributed by atoms with Crippen molar-refractivity contribution in [1.29, 1.82) is 0 Å². The van der Waals surface area contributed by atoms with E-state index in [1.54, 1.807) is 26.2 Å². The molecule has 0 saturated heterocycles. The Kier molecular flexibility index (Phi) is 4.78. The maximum Gasteiger partial charge on any atom is 0.242 e. The average Bonchev–Trinajstić information content (AvgIpc) is 2.78. The highest BCUT2D eigenvalue weighted by molar-refractivity contribution is 7.89. The maximum absolute atomic E-state index is 12.1. The van der Waals surface area contributed by atoms with Gasteiger partial charge in [0.25, 0.3) is 0 Å². The Balaban J connectivity index is 1.82.